The Balaban J connectivity index is 1.70. The van der Waals surface area contributed by atoms with Gasteiger partial charge in [-0.25, -0.2) is 0 Å². The van der Waals surface area contributed by atoms with E-state index in [2.05, 4.69) is 21.2 Å². The average Bonchev–Trinajstić information content (AvgIpc) is 3.23. The molecule has 0 radical (unpaired) electrons. The Morgan fingerprint density at radius 2 is 2.21 bits per heavy atom. The van der Waals surface area contributed by atoms with Crippen molar-refractivity contribution in [3.05, 3.63) is 44.4 Å². The number of hydrogen-bond donors (Lipinski definition) is 1. The van der Waals surface area contributed by atoms with E-state index in [4.69, 9.17) is 0 Å². The largest absolute Gasteiger partial charge is 0.346 e. The third kappa shape index (κ3) is 2.36. The van der Waals surface area contributed by atoms with Gasteiger partial charge in [-0.2, -0.15) is 0 Å². The average molecular weight is 325 g/mol. The Bertz CT molecular complexity index is 557. The van der Waals surface area contributed by atoms with Crippen LogP contribution in [-0.2, 0) is 10.3 Å². The van der Waals surface area contributed by atoms with E-state index in [1.807, 2.05) is 24.3 Å². The molecule has 6 heteroatoms. The lowest BCUT2D eigenvalue weighted by molar-refractivity contribution is -0.497. The molecule has 2 fully saturated rings. The number of hydrogen-bond acceptors (Lipinski definition) is 3. The summed E-state index contributed by atoms with van der Waals surface area (Å²) in [7, 11) is 0. The summed E-state index contributed by atoms with van der Waals surface area (Å²) in [5.74, 6) is -0.626. The van der Waals surface area contributed by atoms with Crippen molar-refractivity contribution >= 4 is 21.8 Å². The topological polar surface area (TPSA) is 72.2 Å². The molecule has 0 spiro atoms. The van der Waals surface area contributed by atoms with Gasteiger partial charge in [0, 0.05) is 15.8 Å². The van der Waals surface area contributed by atoms with Crippen LogP contribution in [0.1, 0.15) is 24.8 Å². The highest BCUT2D eigenvalue weighted by Crippen LogP contribution is 2.47. The van der Waals surface area contributed by atoms with Crippen molar-refractivity contribution < 1.29 is 9.72 Å². The first-order valence-electron chi connectivity index (χ1n) is 6.23. The molecule has 0 unspecified atom stereocenters. The van der Waals surface area contributed by atoms with E-state index in [0.717, 1.165) is 22.9 Å². The van der Waals surface area contributed by atoms with Crippen LogP contribution in [0.3, 0.4) is 0 Å². The van der Waals surface area contributed by atoms with Crippen molar-refractivity contribution in [1.82, 2.24) is 5.32 Å². The second kappa shape index (κ2) is 4.30. The summed E-state index contributed by atoms with van der Waals surface area (Å²) in [4.78, 5) is 22.2. The molecule has 0 aliphatic heterocycles. The summed E-state index contributed by atoms with van der Waals surface area (Å²) in [5.41, 5.74) is 0.762. The van der Waals surface area contributed by atoms with E-state index < -0.39 is 12.0 Å². The van der Waals surface area contributed by atoms with Crippen molar-refractivity contribution in [2.24, 2.45) is 5.92 Å². The highest BCUT2D eigenvalue weighted by Gasteiger charge is 2.56. The lowest BCUT2D eigenvalue weighted by Gasteiger charge is -2.18. The van der Waals surface area contributed by atoms with Gasteiger partial charge in [-0.15, -0.1) is 0 Å². The maximum absolute atomic E-state index is 12.0. The highest BCUT2D eigenvalue weighted by molar-refractivity contribution is 9.10. The number of halogens is 1. The molecule has 5 nitrogen and oxygen atoms in total. The molecule has 19 heavy (non-hydrogen) atoms. The predicted molar refractivity (Wildman–Crippen MR) is 72.1 cm³/mol. The smallest absolute Gasteiger partial charge is 0.231 e. The van der Waals surface area contributed by atoms with Crippen LogP contribution >= 0.6 is 15.9 Å². The van der Waals surface area contributed by atoms with Gasteiger partial charge in [0.25, 0.3) is 0 Å². The number of carbonyl (C=O) groups is 1. The van der Waals surface area contributed by atoms with E-state index in [0.29, 0.717) is 6.42 Å². The molecule has 0 aromatic heterocycles. The molecule has 1 N–H and O–H groups in total. The predicted octanol–water partition coefficient (Wildman–Crippen LogP) is 2.22. The van der Waals surface area contributed by atoms with Gasteiger partial charge in [-0.05, 0) is 30.5 Å². The van der Waals surface area contributed by atoms with Gasteiger partial charge in [0.15, 0.2) is 0 Å². The van der Waals surface area contributed by atoms with Gasteiger partial charge in [0.1, 0.15) is 5.92 Å². The van der Waals surface area contributed by atoms with E-state index in [9.17, 15) is 14.9 Å². The lowest BCUT2D eigenvalue weighted by Crippen LogP contribution is -2.37. The van der Waals surface area contributed by atoms with Crippen molar-refractivity contribution in [1.29, 1.82) is 0 Å². The van der Waals surface area contributed by atoms with Crippen molar-refractivity contribution in [2.75, 3.05) is 0 Å². The molecule has 1 amide bonds. The van der Waals surface area contributed by atoms with Crippen LogP contribution in [0.2, 0.25) is 0 Å². The molecule has 2 aliphatic rings. The summed E-state index contributed by atoms with van der Waals surface area (Å²) >= 11 is 3.42. The number of rotatable bonds is 4. The standard InChI is InChI=1S/C13H13BrN2O3/c14-9-3-1-2-8(6-9)13(4-5-13)15-12(17)10-7-11(10)16(18)19/h1-3,6,10-11H,4-5,7H2,(H,15,17)/t10-,11-/m0/s1. The first-order valence-corrected chi connectivity index (χ1v) is 7.03. The fraction of sp³-hybridized carbons (Fsp3) is 0.462. The second-order valence-corrected chi connectivity index (χ2v) is 6.19. The molecular formula is C13H13BrN2O3. The van der Waals surface area contributed by atoms with Crippen LogP contribution in [0.25, 0.3) is 0 Å². The molecule has 0 heterocycles. The van der Waals surface area contributed by atoms with E-state index in [1.165, 1.54) is 0 Å². The monoisotopic (exact) mass is 324 g/mol. The molecule has 100 valence electrons. The minimum absolute atomic E-state index is 0.181. The van der Waals surface area contributed by atoms with Gasteiger partial charge in [0.2, 0.25) is 11.9 Å². The summed E-state index contributed by atoms with van der Waals surface area (Å²) in [6.45, 7) is 0. The molecule has 0 saturated heterocycles. The third-order valence-electron chi connectivity index (χ3n) is 3.85. The second-order valence-electron chi connectivity index (χ2n) is 5.28. The van der Waals surface area contributed by atoms with Crippen molar-refractivity contribution in [3.63, 3.8) is 0 Å². The van der Waals surface area contributed by atoms with Gasteiger partial charge < -0.3 is 5.32 Å². The molecule has 0 bridgehead atoms. The van der Waals surface area contributed by atoms with Crippen molar-refractivity contribution in [2.45, 2.75) is 30.8 Å². The minimum Gasteiger partial charge on any atom is -0.346 e. The number of nitrogens with zero attached hydrogens (tertiary/aromatic N) is 1. The lowest BCUT2D eigenvalue weighted by atomic mass is 10.0. The third-order valence-corrected chi connectivity index (χ3v) is 4.35. The molecule has 1 aromatic rings. The quantitative estimate of drug-likeness (QED) is 0.681. The first kappa shape index (κ1) is 12.6. The normalized spacial score (nSPS) is 26.6. The highest BCUT2D eigenvalue weighted by atomic mass is 79.9. The van der Waals surface area contributed by atoms with Gasteiger partial charge in [-0.3, -0.25) is 14.9 Å². The zero-order valence-corrected chi connectivity index (χ0v) is 11.7. The van der Waals surface area contributed by atoms with Crippen LogP contribution in [0.15, 0.2) is 28.7 Å². The maximum atomic E-state index is 12.0. The van der Waals surface area contributed by atoms with Gasteiger partial charge in [-0.1, -0.05) is 28.1 Å². The fourth-order valence-electron chi connectivity index (χ4n) is 2.42. The van der Waals surface area contributed by atoms with Crippen LogP contribution in [-0.4, -0.2) is 16.9 Å². The Labute approximate surface area is 118 Å². The Kier molecular flexibility index (Phi) is 2.85. The van der Waals surface area contributed by atoms with E-state index >= 15 is 0 Å². The van der Waals surface area contributed by atoms with E-state index in [1.54, 1.807) is 0 Å². The Morgan fingerprint density at radius 1 is 1.47 bits per heavy atom. The SMILES string of the molecule is O=C(NC1(c2cccc(Br)c2)CC1)[C@H]1C[C@@H]1[N+](=O)[O-]. The van der Waals surface area contributed by atoms with Crippen LogP contribution in [0.4, 0.5) is 0 Å². The molecule has 3 rings (SSSR count). The zero-order valence-electron chi connectivity index (χ0n) is 10.1. The molecule has 2 atom stereocenters. The van der Waals surface area contributed by atoms with Gasteiger partial charge >= 0.3 is 0 Å². The number of carbonyl (C=O) groups excluding carboxylic acids is 1. The summed E-state index contributed by atoms with van der Waals surface area (Å²) in [6, 6.07) is 7.16. The van der Waals surface area contributed by atoms with Crippen LogP contribution in [0.5, 0.6) is 0 Å². The Morgan fingerprint density at radius 3 is 2.74 bits per heavy atom. The van der Waals surface area contributed by atoms with E-state index in [-0.39, 0.29) is 16.4 Å². The molecular weight excluding hydrogens is 312 g/mol. The van der Waals surface area contributed by atoms with Crippen molar-refractivity contribution in [3.8, 4) is 0 Å². The van der Waals surface area contributed by atoms with Gasteiger partial charge in [0.05, 0.1) is 5.54 Å². The molecule has 1 aromatic carbocycles. The zero-order chi connectivity index (χ0) is 13.6. The van der Waals surface area contributed by atoms with Crippen LogP contribution < -0.4 is 5.32 Å². The first-order chi connectivity index (χ1) is 9.02. The Hall–Kier alpha value is -1.43. The number of benzene rings is 1. The molecule has 2 saturated carbocycles. The molecule has 2 aliphatic carbocycles. The van der Waals surface area contributed by atoms with Crippen LogP contribution in [0, 0.1) is 16.0 Å². The number of nitrogens with one attached hydrogen (secondary N) is 1. The summed E-state index contributed by atoms with van der Waals surface area (Å²) < 4.78 is 0.972. The minimum atomic E-state index is -0.682. The summed E-state index contributed by atoms with van der Waals surface area (Å²) in [6.07, 6.45) is 2.16. The number of amides is 1. The number of nitro groups is 1. The summed E-state index contributed by atoms with van der Waals surface area (Å²) in [5, 5.41) is 13.6. The maximum Gasteiger partial charge on any atom is 0.231 e. The fourth-order valence-corrected chi connectivity index (χ4v) is 2.82.